The summed E-state index contributed by atoms with van der Waals surface area (Å²) in [6.07, 6.45) is -4.25. The van der Waals surface area contributed by atoms with Gasteiger partial charge in [0.15, 0.2) is 9.84 Å². The number of carbonyl (C=O) groups is 1. The average molecular weight is 500 g/mol. The maximum Gasteiger partial charge on any atom is 0.416 e. The minimum Gasteiger partial charge on any atom is -0.444 e. The predicted molar refractivity (Wildman–Crippen MR) is 120 cm³/mol. The maximum atomic E-state index is 12.8. The second kappa shape index (κ2) is 9.58. The quantitative estimate of drug-likeness (QED) is 0.577. The van der Waals surface area contributed by atoms with Gasteiger partial charge in [-0.2, -0.15) is 13.2 Å². The zero-order chi connectivity index (χ0) is 25.3. The molecule has 1 heterocycles. The van der Waals surface area contributed by atoms with Crippen LogP contribution >= 0.6 is 0 Å². The molecule has 186 valence electrons. The first-order chi connectivity index (χ1) is 15.6. The largest absolute Gasteiger partial charge is 0.444 e. The molecule has 34 heavy (non-hydrogen) atoms. The van der Waals surface area contributed by atoms with Gasteiger partial charge in [0.25, 0.3) is 0 Å². The molecular formula is C24H28F3NO5S. The van der Waals surface area contributed by atoms with Crippen LogP contribution in [-0.4, -0.2) is 50.5 Å². The van der Waals surface area contributed by atoms with Crippen LogP contribution in [0.1, 0.15) is 43.4 Å². The molecule has 10 heteroatoms. The molecule has 6 nitrogen and oxygen atoms in total. The van der Waals surface area contributed by atoms with E-state index in [1.165, 1.54) is 29.2 Å². The number of hydrogen-bond acceptors (Lipinski definition) is 5. The fraction of sp³-hybridized carbons (Fsp3) is 0.458. The van der Waals surface area contributed by atoms with Gasteiger partial charge in [-0.05, 0) is 56.2 Å². The van der Waals surface area contributed by atoms with E-state index in [2.05, 4.69) is 0 Å². The highest BCUT2D eigenvalue weighted by Gasteiger charge is 2.39. The van der Waals surface area contributed by atoms with E-state index in [1.54, 1.807) is 32.9 Å². The van der Waals surface area contributed by atoms with E-state index in [0.717, 1.165) is 24.0 Å². The monoisotopic (exact) mass is 499 g/mol. The van der Waals surface area contributed by atoms with E-state index in [1.807, 2.05) is 0 Å². The summed E-state index contributed by atoms with van der Waals surface area (Å²) >= 11 is 0. The molecule has 3 rings (SSSR count). The predicted octanol–water partition coefficient (Wildman–Crippen LogP) is 5.03. The second-order valence-corrected chi connectivity index (χ2v) is 11.4. The highest BCUT2D eigenvalue weighted by molar-refractivity contribution is 7.90. The summed E-state index contributed by atoms with van der Waals surface area (Å²) in [7, 11) is -3.36. The third-order valence-electron chi connectivity index (χ3n) is 5.40. The Bertz CT molecular complexity index is 1110. The van der Waals surface area contributed by atoms with Crippen molar-refractivity contribution in [3.8, 4) is 0 Å². The van der Waals surface area contributed by atoms with Gasteiger partial charge in [-0.15, -0.1) is 0 Å². The van der Waals surface area contributed by atoms with Gasteiger partial charge in [0, 0.05) is 18.7 Å². The van der Waals surface area contributed by atoms with Gasteiger partial charge in [-0.3, -0.25) is 0 Å². The topological polar surface area (TPSA) is 72.9 Å². The lowest BCUT2D eigenvalue weighted by molar-refractivity contribution is -0.137. The van der Waals surface area contributed by atoms with Gasteiger partial charge >= 0.3 is 12.3 Å². The highest BCUT2D eigenvalue weighted by Crippen LogP contribution is 2.33. The lowest BCUT2D eigenvalue weighted by atomic mass is 9.96. The van der Waals surface area contributed by atoms with E-state index in [0.29, 0.717) is 12.1 Å². The fourth-order valence-corrected chi connectivity index (χ4v) is 4.32. The molecule has 1 amide bonds. The van der Waals surface area contributed by atoms with Crippen LogP contribution in [0.25, 0.3) is 0 Å². The number of halogens is 3. The van der Waals surface area contributed by atoms with Crippen LogP contribution in [0.2, 0.25) is 0 Å². The van der Waals surface area contributed by atoms with Crippen LogP contribution in [0.15, 0.2) is 53.4 Å². The highest BCUT2D eigenvalue weighted by atomic mass is 32.2. The van der Waals surface area contributed by atoms with Gasteiger partial charge in [-0.25, -0.2) is 13.2 Å². The van der Waals surface area contributed by atoms with Crippen LogP contribution in [0, 0.1) is 0 Å². The summed E-state index contributed by atoms with van der Waals surface area (Å²) in [6.45, 7) is 5.88. The van der Waals surface area contributed by atoms with Crippen molar-refractivity contribution >= 4 is 15.9 Å². The number of sulfone groups is 1. The van der Waals surface area contributed by atoms with Crippen LogP contribution in [0.4, 0.5) is 18.0 Å². The summed E-state index contributed by atoms with van der Waals surface area (Å²) in [6, 6.07) is 11.1. The van der Waals surface area contributed by atoms with Crippen molar-refractivity contribution in [2.45, 2.75) is 56.1 Å². The number of benzene rings is 2. The molecule has 0 aromatic heterocycles. The molecule has 1 aliphatic rings. The Morgan fingerprint density at radius 1 is 1.00 bits per heavy atom. The van der Waals surface area contributed by atoms with Crippen molar-refractivity contribution < 1.29 is 35.9 Å². The average Bonchev–Trinajstić information content (AvgIpc) is 3.15. The summed E-state index contributed by atoms with van der Waals surface area (Å²) in [5.74, 6) is -0.268. The van der Waals surface area contributed by atoms with Crippen molar-refractivity contribution in [3.63, 3.8) is 0 Å². The molecule has 2 unspecified atom stereocenters. The summed E-state index contributed by atoms with van der Waals surface area (Å²) in [5.41, 5.74) is -0.0640. The summed E-state index contributed by atoms with van der Waals surface area (Å²) < 4.78 is 73.5. The third kappa shape index (κ3) is 6.73. The number of hydrogen-bond donors (Lipinski definition) is 0. The van der Waals surface area contributed by atoms with Gasteiger partial charge in [0.1, 0.15) is 5.60 Å². The number of rotatable bonds is 5. The molecule has 0 aliphatic carbocycles. The zero-order valence-electron chi connectivity index (χ0n) is 19.4. The van der Waals surface area contributed by atoms with Crippen LogP contribution in [-0.2, 0) is 32.1 Å². The molecule has 2 aromatic rings. The van der Waals surface area contributed by atoms with Crippen molar-refractivity contribution in [1.29, 1.82) is 0 Å². The normalized spacial score (nSPS) is 19.3. The molecule has 2 atom stereocenters. The van der Waals surface area contributed by atoms with E-state index in [9.17, 15) is 26.4 Å². The molecular weight excluding hydrogens is 471 g/mol. The molecule has 0 bridgehead atoms. The second-order valence-electron chi connectivity index (χ2n) is 9.38. The zero-order valence-corrected chi connectivity index (χ0v) is 20.2. The van der Waals surface area contributed by atoms with Crippen LogP contribution < -0.4 is 0 Å². The molecule has 0 saturated carbocycles. The van der Waals surface area contributed by atoms with E-state index < -0.39 is 39.4 Å². The Hall–Kier alpha value is -2.59. The molecule has 1 saturated heterocycles. The molecule has 1 fully saturated rings. The van der Waals surface area contributed by atoms with Gasteiger partial charge in [-0.1, -0.05) is 24.3 Å². The molecule has 1 aliphatic heterocycles. The number of carbonyl (C=O) groups excluding carboxylic acids is 1. The summed E-state index contributed by atoms with van der Waals surface area (Å²) in [4.78, 5) is 14.3. The molecule has 0 radical (unpaired) electrons. The van der Waals surface area contributed by atoms with E-state index >= 15 is 0 Å². The molecule has 0 N–H and O–H groups in total. The number of likely N-dealkylation sites (tertiary alicyclic amines) is 1. The Morgan fingerprint density at radius 2 is 1.59 bits per heavy atom. The lowest BCUT2D eigenvalue weighted by Crippen LogP contribution is -2.36. The smallest absolute Gasteiger partial charge is 0.416 e. The van der Waals surface area contributed by atoms with Crippen molar-refractivity contribution in [3.05, 3.63) is 65.2 Å². The van der Waals surface area contributed by atoms with Crippen molar-refractivity contribution in [2.75, 3.05) is 19.3 Å². The first kappa shape index (κ1) is 26.0. The third-order valence-corrected chi connectivity index (χ3v) is 6.53. The van der Waals surface area contributed by atoms with Gasteiger partial charge in [0.05, 0.1) is 29.7 Å². The minimum absolute atomic E-state index is 0.0584. The Morgan fingerprint density at radius 3 is 2.09 bits per heavy atom. The Labute approximate surface area is 197 Å². The van der Waals surface area contributed by atoms with Crippen molar-refractivity contribution in [2.24, 2.45) is 0 Å². The van der Waals surface area contributed by atoms with Crippen LogP contribution in [0.3, 0.4) is 0 Å². The Kier molecular flexibility index (Phi) is 7.33. The van der Waals surface area contributed by atoms with Crippen LogP contribution in [0.5, 0.6) is 0 Å². The van der Waals surface area contributed by atoms with E-state index in [-0.39, 0.29) is 24.0 Å². The van der Waals surface area contributed by atoms with Gasteiger partial charge < -0.3 is 14.4 Å². The Balaban J connectivity index is 1.78. The molecule has 0 spiro atoms. The fourth-order valence-electron chi connectivity index (χ4n) is 3.69. The molecule has 2 aromatic carbocycles. The van der Waals surface area contributed by atoms with Gasteiger partial charge in [0.2, 0.25) is 0 Å². The number of nitrogens with zero attached hydrogens (tertiary/aromatic N) is 1. The number of alkyl halides is 3. The first-order valence-corrected chi connectivity index (χ1v) is 12.6. The first-order valence-electron chi connectivity index (χ1n) is 10.7. The van der Waals surface area contributed by atoms with Crippen molar-refractivity contribution in [1.82, 2.24) is 4.90 Å². The number of ether oxygens (including phenoxy) is 2. The standard InChI is InChI=1S/C24H28F3NO5S/c1-23(2,3)33-22(29)28-13-20(17-7-11-19(12-8-17)34(4,30)31)21(14-28)32-15-16-5-9-18(10-6-16)24(25,26)27/h5-12,20-21H,13-15H2,1-4H3. The SMILES string of the molecule is CC(C)(C)OC(=O)N1CC(OCc2ccc(C(F)(F)F)cc2)C(c2ccc(S(C)(=O)=O)cc2)C1. The maximum absolute atomic E-state index is 12.8. The minimum atomic E-state index is -4.41. The lowest BCUT2D eigenvalue weighted by Gasteiger charge is -2.24. The number of amides is 1. The summed E-state index contributed by atoms with van der Waals surface area (Å²) in [5, 5.41) is 0. The van der Waals surface area contributed by atoms with E-state index in [4.69, 9.17) is 9.47 Å².